The van der Waals surface area contributed by atoms with Gasteiger partial charge in [0.2, 0.25) is 5.91 Å². The average molecular weight is 526 g/mol. The molecule has 5 rings (SSSR count). The van der Waals surface area contributed by atoms with Gasteiger partial charge in [-0.2, -0.15) is 5.10 Å². The zero-order valence-electron chi connectivity index (χ0n) is 22.4. The van der Waals surface area contributed by atoms with E-state index < -0.39 is 0 Å². The van der Waals surface area contributed by atoms with Gasteiger partial charge in [0, 0.05) is 31.6 Å². The molecule has 37 heavy (non-hydrogen) atoms. The summed E-state index contributed by atoms with van der Waals surface area (Å²) in [6.07, 6.45) is 13.0. The van der Waals surface area contributed by atoms with Crippen molar-refractivity contribution in [2.75, 3.05) is 26.2 Å². The van der Waals surface area contributed by atoms with Gasteiger partial charge >= 0.3 is 0 Å². The van der Waals surface area contributed by atoms with Crippen LogP contribution in [-0.2, 0) is 4.79 Å². The van der Waals surface area contributed by atoms with E-state index in [1.165, 1.54) is 38.5 Å². The van der Waals surface area contributed by atoms with Crippen LogP contribution in [-0.4, -0.2) is 69.7 Å². The van der Waals surface area contributed by atoms with Crippen LogP contribution in [0.25, 0.3) is 10.6 Å². The van der Waals surface area contributed by atoms with E-state index in [1.807, 2.05) is 17.9 Å². The molecular weight excluding hydrogens is 482 g/mol. The fourth-order valence-electron chi connectivity index (χ4n) is 6.19. The van der Waals surface area contributed by atoms with Crippen molar-refractivity contribution in [3.63, 3.8) is 0 Å². The lowest BCUT2D eigenvalue weighted by atomic mass is 9.93. The summed E-state index contributed by atoms with van der Waals surface area (Å²) >= 11 is 1.70. The number of carbonyl (C=O) groups is 2. The van der Waals surface area contributed by atoms with Gasteiger partial charge < -0.3 is 15.1 Å². The molecule has 3 aliphatic rings. The van der Waals surface area contributed by atoms with Gasteiger partial charge in [0.25, 0.3) is 5.91 Å². The SMILES string of the molecule is CCN(C(=O)c1cc(-c2cccs2)n(C2CCCC2)n1)C(CCN1CCCCC1)CC(=O)NC1CCC1. The Bertz CT molecular complexity index is 1020. The van der Waals surface area contributed by atoms with E-state index in [-0.39, 0.29) is 17.9 Å². The molecule has 3 heterocycles. The lowest BCUT2D eigenvalue weighted by Crippen LogP contribution is -2.47. The molecule has 1 aliphatic heterocycles. The maximum absolute atomic E-state index is 14.0. The fourth-order valence-corrected chi connectivity index (χ4v) is 6.92. The van der Waals surface area contributed by atoms with Crippen molar-refractivity contribution in [2.24, 2.45) is 0 Å². The predicted octanol–water partition coefficient (Wildman–Crippen LogP) is 5.49. The summed E-state index contributed by atoms with van der Waals surface area (Å²) in [6.45, 7) is 5.78. The van der Waals surface area contributed by atoms with Crippen LogP contribution in [0.2, 0.25) is 0 Å². The van der Waals surface area contributed by atoms with Crippen molar-refractivity contribution in [1.29, 1.82) is 0 Å². The number of rotatable bonds is 11. The summed E-state index contributed by atoms with van der Waals surface area (Å²) in [7, 11) is 0. The number of thiophene rings is 1. The van der Waals surface area contributed by atoms with Gasteiger partial charge in [0.1, 0.15) is 0 Å². The molecule has 2 aromatic heterocycles. The predicted molar refractivity (Wildman–Crippen MR) is 149 cm³/mol. The second kappa shape index (κ2) is 12.6. The molecule has 1 N–H and O–H groups in total. The maximum Gasteiger partial charge on any atom is 0.274 e. The van der Waals surface area contributed by atoms with E-state index in [0.29, 0.717) is 30.7 Å². The second-order valence-corrected chi connectivity index (χ2v) is 12.1. The number of hydrogen-bond acceptors (Lipinski definition) is 5. The fraction of sp³-hybridized carbons (Fsp3) is 0.690. The van der Waals surface area contributed by atoms with Gasteiger partial charge in [0.15, 0.2) is 5.69 Å². The topological polar surface area (TPSA) is 70.5 Å². The molecule has 8 heteroatoms. The number of hydrogen-bond donors (Lipinski definition) is 1. The van der Waals surface area contributed by atoms with Crippen LogP contribution >= 0.6 is 11.3 Å². The number of piperidine rings is 1. The van der Waals surface area contributed by atoms with Crippen LogP contribution in [0.4, 0.5) is 0 Å². The van der Waals surface area contributed by atoms with Crippen LogP contribution < -0.4 is 5.32 Å². The summed E-state index contributed by atoms with van der Waals surface area (Å²) in [6, 6.07) is 6.72. The summed E-state index contributed by atoms with van der Waals surface area (Å²) in [5.74, 6) is 0.0347. The number of nitrogens with one attached hydrogen (secondary N) is 1. The molecule has 0 bridgehead atoms. The molecule has 1 atom stereocenters. The smallest absolute Gasteiger partial charge is 0.274 e. The molecule has 1 saturated heterocycles. The number of carbonyl (C=O) groups excluding carboxylic acids is 2. The quantitative estimate of drug-likeness (QED) is 0.421. The Labute approximate surface area is 225 Å². The minimum atomic E-state index is -0.124. The summed E-state index contributed by atoms with van der Waals surface area (Å²) in [5.41, 5.74) is 1.56. The highest BCUT2D eigenvalue weighted by Crippen LogP contribution is 2.35. The molecule has 0 spiro atoms. The number of amides is 2. The lowest BCUT2D eigenvalue weighted by molar-refractivity contribution is -0.123. The van der Waals surface area contributed by atoms with Crippen LogP contribution in [0.15, 0.2) is 23.6 Å². The average Bonchev–Trinajstić information content (AvgIpc) is 3.66. The van der Waals surface area contributed by atoms with Crippen LogP contribution in [0.1, 0.15) is 101 Å². The maximum atomic E-state index is 14.0. The lowest BCUT2D eigenvalue weighted by Gasteiger charge is -2.34. The summed E-state index contributed by atoms with van der Waals surface area (Å²) in [5, 5.41) is 10.2. The van der Waals surface area contributed by atoms with Gasteiger partial charge in [0.05, 0.1) is 16.6 Å². The van der Waals surface area contributed by atoms with Gasteiger partial charge in [-0.25, -0.2) is 0 Å². The zero-order chi connectivity index (χ0) is 25.6. The Morgan fingerprint density at radius 1 is 1.11 bits per heavy atom. The van der Waals surface area contributed by atoms with Gasteiger partial charge in [-0.05, 0) is 88.9 Å². The standard InChI is InChI=1S/C29H43N5O2S/c1-2-33(24(15-18-32-16-6-3-7-17-32)20-28(35)30-22-10-8-11-22)29(36)25-21-26(27-14-9-19-37-27)34(31-25)23-12-4-5-13-23/h9,14,19,21-24H,2-8,10-13,15-18,20H2,1H3,(H,30,35). The molecule has 3 fully saturated rings. The Morgan fingerprint density at radius 3 is 2.54 bits per heavy atom. The van der Waals surface area contributed by atoms with Crippen molar-refractivity contribution < 1.29 is 9.59 Å². The molecule has 2 saturated carbocycles. The molecular formula is C29H43N5O2S. The first kappa shape index (κ1) is 26.4. The van der Waals surface area contributed by atoms with Crippen LogP contribution in [0.3, 0.4) is 0 Å². The first-order valence-corrected chi connectivity index (χ1v) is 15.5. The molecule has 0 radical (unpaired) electrons. The zero-order valence-corrected chi connectivity index (χ0v) is 23.2. The molecule has 2 aromatic rings. The number of likely N-dealkylation sites (tertiary alicyclic amines) is 1. The molecule has 7 nitrogen and oxygen atoms in total. The van der Waals surface area contributed by atoms with Crippen molar-refractivity contribution in [3.05, 3.63) is 29.3 Å². The van der Waals surface area contributed by atoms with E-state index >= 15 is 0 Å². The largest absolute Gasteiger partial charge is 0.353 e. The Morgan fingerprint density at radius 2 is 1.89 bits per heavy atom. The molecule has 202 valence electrons. The summed E-state index contributed by atoms with van der Waals surface area (Å²) in [4.78, 5) is 32.6. The molecule has 2 amide bonds. The highest BCUT2D eigenvalue weighted by atomic mass is 32.1. The van der Waals surface area contributed by atoms with Gasteiger partial charge in [-0.3, -0.25) is 14.3 Å². The first-order chi connectivity index (χ1) is 18.1. The Kier molecular flexibility index (Phi) is 8.98. The van der Waals surface area contributed by atoms with Gasteiger partial charge in [-0.1, -0.05) is 25.3 Å². The highest BCUT2D eigenvalue weighted by Gasteiger charge is 2.31. The normalized spacial score (nSPS) is 20.0. The third kappa shape index (κ3) is 6.45. The highest BCUT2D eigenvalue weighted by molar-refractivity contribution is 7.13. The number of aromatic nitrogens is 2. The van der Waals surface area contributed by atoms with E-state index in [0.717, 1.165) is 62.3 Å². The number of nitrogens with zero attached hydrogens (tertiary/aromatic N) is 4. The summed E-state index contributed by atoms with van der Waals surface area (Å²) < 4.78 is 2.12. The minimum Gasteiger partial charge on any atom is -0.353 e. The monoisotopic (exact) mass is 525 g/mol. The molecule has 1 unspecified atom stereocenters. The molecule has 0 aromatic carbocycles. The van der Waals surface area contributed by atoms with E-state index in [4.69, 9.17) is 5.10 Å². The van der Waals surface area contributed by atoms with Gasteiger partial charge in [-0.15, -0.1) is 11.3 Å². The van der Waals surface area contributed by atoms with Crippen LogP contribution in [0.5, 0.6) is 0 Å². The van der Waals surface area contributed by atoms with E-state index in [1.54, 1.807) is 11.3 Å². The third-order valence-corrected chi connectivity index (χ3v) is 9.45. The van der Waals surface area contributed by atoms with Crippen molar-refractivity contribution in [1.82, 2.24) is 24.9 Å². The first-order valence-electron chi connectivity index (χ1n) is 14.6. The van der Waals surface area contributed by atoms with Crippen molar-refractivity contribution in [2.45, 2.75) is 102 Å². The third-order valence-electron chi connectivity index (χ3n) is 8.56. The Balaban J connectivity index is 1.36. The Hall–Kier alpha value is -2.19. The van der Waals surface area contributed by atoms with Crippen molar-refractivity contribution >= 4 is 23.2 Å². The van der Waals surface area contributed by atoms with E-state index in [9.17, 15) is 9.59 Å². The van der Waals surface area contributed by atoms with Crippen molar-refractivity contribution in [3.8, 4) is 10.6 Å². The molecule has 2 aliphatic carbocycles. The van der Waals surface area contributed by atoms with E-state index in [2.05, 4.69) is 32.4 Å². The minimum absolute atomic E-state index is 0.0443. The second-order valence-electron chi connectivity index (χ2n) is 11.1. The van der Waals surface area contributed by atoms with Crippen LogP contribution in [0, 0.1) is 0 Å².